The minimum Gasteiger partial charge on any atom is -0.462 e. The highest BCUT2D eigenvalue weighted by atomic mass is 16.6. The van der Waals surface area contributed by atoms with Crippen LogP contribution in [0.4, 0.5) is 0 Å². The summed E-state index contributed by atoms with van der Waals surface area (Å²) in [5.74, 6) is 0.352. The lowest BCUT2D eigenvalue weighted by molar-refractivity contribution is -0.142. The number of benzene rings is 1. The summed E-state index contributed by atoms with van der Waals surface area (Å²) in [7, 11) is 0. The van der Waals surface area contributed by atoms with Crippen molar-refractivity contribution < 1.29 is 14.3 Å². The Bertz CT molecular complexity index is 385. The maximum Gasteiger partial charge on any atom is 0.306 e. The molecular formula is C14H16O3. The highest BCUT2D eigenvalue weighted by molar-refractivity contribution is 5.72. The highest BCUT2D eigenvalue weighted by Crippen LogP contribution is 2.38. The fourth-order valence-corrected chi connectivity index (χ4v) is 2.75. The lowest BCUT2D eigenvalue weighted by Gasteiger charge is -2.12. The second kappa shape index (κ2) is 4.49. The molecule has 0 bridgehead atoms. The predicted molar refractivity (Wildman–Crippen MR) is 62.2 cm³/mol. The molecule has 0 N–H and O–H groups in total. The number of esters is 1. The predicted octanol–water partition coefficient (Wildman–Crippen LogP) is 2.30. The molecule has 90 valence electrons. The van der Waals surface area contributed by atoms with E-state index in [0.717, 1.165) is 12.8 Å². The molecule has 0 aromatic heterocycles. The molecule has 1 saturated heterocycles. The van der Waals surface area contributed by atoms with E-state index in [1.54, 1.807) is 0 Å². The van der Waals surface area contributed by atoms with Gasteiger partial charge in [0.15, 0.2) is 0 Å². The van der Waals surface area contributed by atoms with E-state index in [4.69, 9.17) is 9.47 Å². The van der Waals surface area contributed by atoms with Crippen LogP contribution in [0.15, 0.2) is 30.3 Å². The van der Waals surface area contributed by atoms with E-state index < -0.39 is 0 Å². The Morgan fingerprint density at radius 2 is 2.06 bits per heavy atom. The average Bonchev–Trinajstić information content (AvgIpc) is 2.84. The van der Waals surface area contributed by atoms with Crippen molar-refractivity contribution in [1.82, 2.24) is 0 Å². The summed E-state index contributed by atoms with van der Waals surface area (Å²) in [5.41, 5.74) is 1.20. The van der Waals surface area contributed by atoms with Crippen molar-refractivity contribution in [2.75, 3.05) is 0 Å². The van der Waals surface area contributed by atoms with Gasteiger partial charge < -0.3 is 9.47 Å². The van der Waals surface area contributed by atoms with Gasteiger partial charge in [-0.05, 0) is 12.0 Å². The summed E-state index contributed by atoms with van der Waals surface area (Å²) in [5, 5.41) is 0. The van der Waals surface area contributed by atoms with Crippen LogP contribution in [0, 0.1) is 5.92 Å². The molecular weight excluding hydrogens is 216 g/mol. The van der Waals surface area contributed by atoms with Crippen molar-refractivity contribution in [3.63, 3.8) is 0 Å². The molecule has 0 radical (unpaired) electrons. The summed E-state index contributed by atoms with van der Waals surface area (Å²) >= 11 is 0. The maximum atomic E-state index is 11.1. The molecule has 1 aliphatic heterocycles. The van der Waals surface area contributed by atoms with Gasteiger partial charge in [-0.15, -0.1) is 0 Å². The Labute approximate surface area is 101 Å². The van der Waals surface area contributed by atoms with Gasteiger partial charge in [0.2, 0.25) is 0 Å². The Morgan fingerprint density at radius 1 is 1.24 bits per heavy atom. The molecule has 3 atom stereocenters. The molecule has 3 heteroatoms. The summed E-state index contributed by atoms with van der Waals surface area (Å²) in [6.45, 7) is 0.652. The third-order valence-electron chi connectivity index (χ3n) is 3.63. The van der Waals surface area contributed by atoms with Gasteiger partial charge in [-0.25, -0.2) is 0 Å². The quantitative estimate of drug-likeness (QED) is 0.750. The second-order valence-electron chi connectivity index (χ2n) is 4.88. The van der Waals surface area contributed by atoms with Crippen LogP contribution in [0.2, 0.25) is 0 Å². The molecule has 2 fully saturated rings. The second-order valence-corrected chi connectivity index (χ2v) is 4.88. The van der Waals surface area contributed by atoms with E-state index >= 15 is 0 Å². The average molecular weight is 232 g/mol. The van der Waals surface area contributed by atoms with E-state index in [-0.39, 0.29) is 18.2 Å². The first-order valence-corrected chi connectivity index (χ1v) is 6.16. The van der Waals surface area contributed by atoms with Gasteiger partial charge >= 0.3 is 5.97 Å². The van der Waals surface area contributed by atoms with Gasteiger partial charge in [0.1, 0.15) is 6.10 Å². The Morgan fingerprint density at radius 3 is 2.82 bits per heavy atom. The molecule has 1 aromatic rings. The van der Waals surface area contributed by atoms with Crippen LogP contribution in [-0.4, -0.2) is 18.2 Å². The summed E-state index contributed by atoms with van der Waals surface area (Å²) in [6, 6.07) is 10.2. The van der Waals surface area contributed by atoms with Crippen LogP contribution in [-0.2, 0) is 20.9 Å². The van der Waals surface area contributed by atoms with Gasteiger partial charge in [-0.3, -0.25) is 4.79 Å². The number of fused-ring (bicyclic) bond motifs is 1. The number of carbonyl (C=O) groups excluding carboxylic acids is 1. The maximum absolute atomic E-state index is 11.1. The third kappa shape index (κ3) is 2.34. The van der Waals surface area contributed by atoms with Crippen LogP contribution in [0.3, 0.4) is 0 Å². The fourth-order valence-electron chi connectivity index (χ4n) is 2.75. The minimum absolute atomic E-state index is 0.0403. The van der Waals surface area contributed by atoms with Gasteiger partial charge in [0, 0.05) is 12.3 Å². The standard InChI is InChI=1S/C14H16O3/c15-14-7-11-6-12(8-13(11)17-14)16-9-10-4-2-1-3-5-10/h1-5,11-13H,6-9H2/t11-,12-,13-/m1/s1. The highest BCUT2D eigenvalue weighted by Gasteiger charge is 2.43. The topological polar surface area (TPSA) is 35.5 Å². The van der Waals surface area contributed by atoms with Gasteiger partial charge in [0.05, 0.1) is 19.1 Å². The largest absolute Gasteiger partial charge is 0.462 e. The smallest absolute Gasteiger partial charge is 0.306 e. The van der Waals surface area contributed by atoms with Crippen LogP contribution in [0.1, 0.15) is 24.8 Å². The minimum atomic E-state index is -0.0403. The van der Waals surface area contributed by atoms with Crippen LogP contribution < -0.4 is 0 Å². The lowest BCUT2D eigenvalue weighted by atomic mass is 10.1. The van der Waals surface area contributed by atoms with Crippen molar-refractivity contribution in [2.45, 2.75) is 38.1 Å². The normalized spacial score (nSPS) is 31.3. The number of ether oxygens (including phenoxy) is 2. The molecule has 1 aliphatic carbocycles. The molecule has 1 heterocycles. The number of rotatable bonds is 3. The molecule has 0 amide bonds. The first-order valence-electron chi connectivity index (χ1n) is 6.16. The molecule has 1 aromatic carbocycles. The lowest BCUT2D eigenvalue weighted by Crippen LogP contribution is -2.13. The molecule has 17 heavy (non-hydrogen) atoms. The Kier molecular flexibility index (Phi) is 2.85. The Hall–Kier alpha value is -1.35. The zero-order chi connectivity index (χ0) is 11.7. The summed E-state index contributed by atoms with van der Waals surface area (Å²) in [4.78, 5) is 11.1. The zero-order valence-corrected chi connectivity index (χ0v) is 9.67. The number of hydrogen-bond donors (Lipinski definition) is 0. The summed E-state index contributed by atoms with van der Waals surface area (Å²) < 4.78 is 11.1. The Balaban J connectivity index is 1.51. The van der Waals surface area contributed by atoms with E-state index in [0.29, 0.717) is 18.9 Å². The van der Waals surface area contributed by atoms with E-state index in [2.05, 4.69) is 12.1 Å². The van der Waals surface area contributed by atoms with E-state index in [1.807, 2.05) is 18.2 Å². The molecule has 0 unspecified atom stereocenters. The van der Waals surface area contributed by atoms with Gasteiger partial charge in [-0.2, -0.15) is 0 Å². The number of carbonyl (C=O) groups is 1. The summed E-state index contributed by atoms with van der Waals surface area (Å²) in [6.07, 6.45) is 2.77. The fraction of sp³-hybridized carbons (Fsp3) is 0.500. The van der Waals surface area contributed by atoms with Crippen molar-refractivity contribution >= 4 is 5.97 Å². The molecule has 3 rings (SSSR count). The third-order valence-corrected chi connectivity index (χ3v) is 3.63. The zero-order valence-electron chi connectivity index (χ0n) is 9.67. The number of hydrogen-bond acceptors (Lipinski definition) is 3. The van der Waals surface area contributed by atoms with E-state index in [9.17, 15) is 4.79 Å². The molecule has 0 spiro atoms. The van der Waals surface area contributed by atoms with Crippen molar-refractivity contribution in [3.8, 4) is 0 Å². The molecule has 1 saturated carbocycles. The van der Waals surface area contributed by atoms with Crippen LogP contribution >= 0.6 is 0 Å². The van der Waals surface area contributed by atoms with Crippen LogP contribution in [0.25, 0.3) is 0 Å². The first kappa shape index (κ1) is 10.8. The van der Waals surface area contributed by atoms with Crippen molar-refractivity contribution in [2.24, 2.45) is 5.92 Å². The monoisotopic (exact) mass is 232 g/mol. The van der Waals surface area contributed by atoms with Gasteiger partial charge in [-0.1, -0.05) is 30.3 Å². The molecule has 2 aliphatic rings. The van der Waals surface area contributed by atoms with Gasteiger partial charge in [0.25, 0.3) is 0 Å². The van der Waals surface area contributed by atoms with Crippen LogP contribution in [0.5, 0.6) is 0 Å². The molecule has 3 nitrogen and oxygen atoms in total. The van der Waals surface area contributed by atoms with Crippen molar-refractivity contribution in [3.05, 3.63) is 35.9 Å². The van der Waals surface area contributed by atoms with Crippen molar-refractivity contribution in [1.29, 1.82) is 0 Å². The SMILES string of the molecule is O=C1C[C@H]2C[C@@H](OCc3ccccc3)C[C@H]2O1. The first-order chi connectivity index (χ1) is 8.31. The van der Waals surface area contributed by atoms with E-state index in [1.165, 1.54) is 5.56 Å².